The number of carbonyl (C=O) groups excluding carboxylic acids is 1. The van der Waals surface area contributed by atoms with E-state index >= 15 is 0 Å². The number of nitrogens with zero attached hydrogens (tertiary/aromatic N) is 1. The van der Waals surface area contributed by atoms with Crippen LogP contribution in [0.1, 0.15) is 24.5 Å². The predicted octanol–water partition coefficient (Wildman–Crippen LogP) is 3.12. The number of nitrogens with one attached hydrogen (secondary N) is 1. The molecule has 0 spiro atoms. The monoisotopic (exact) mass is 432 g/mol. The summed E-state index contributed by atoms with van der Waals surface area (Å²) in [5.41, 5.74) is 2.62. The van der Waals surface area contributed by atoms with Gasteiger partial charge in [0.1, 0.15) is 5.75 Å². The number of rotatable bonds is 7. The van der Waals surface area contributed by atoms with Crippen molar-refractivity contribution in [1.82, 2.24) is 4.31 Å². The van der Waals surface area contributed by atoms with Crippen LogP contribution < -0.4 is 10.1 Å². The minimum atomic E-state index is -3.56. The van der Waals surface area contributed by atoms with Gasteiger partial charge < -0.3 is 14.8 Å². The van der Waals surface area contributed by atoms with Gasteiger partial charge in [-0.05, 0) is 61.7 Å². The second kappa shape index (κ2) is 9.59. The molecule has 0 radical (unpaired) electrons. The van der Waals surface area contributed by atoms with Crippen LogP contribution in [0.4, 0.5) is 5.69 Å². The molecule has 0 unspecified atom stereocenters. The molecule has 30 heavy (non-hydrogen) atoms. The number of hydrogen-bond donors (Lipinski definition) is 1. The summed E-state index contributed by atoms with van der Waals surface area (Å²) >= 11 is 0. The highest BCUT2D eigenvalue weighted by Gasteiger charge is 2.26. The molecule has 7 nitrogen and oxygen atoms in total. The number of sulfonamides is 1. The van der Waals surface area contributed by atoms with E-state index in [2.05, 4.69) is 5.32 Å². The van der Waals surface area contributed by atoms with E-state index in [-0.39, 0.29) is 10.8 Å². The maximum atomic E-state index is 12.7. The number of amides is 1. The van der Waals surface area contributed by atoms with Gasteiger partial charge in [0.25, 0.3) is 5.91 Å². The summed E-state index contributed by atoms with van der Waals surface area (Å²) in [7, 11) is -3.56. The number of benzene rings is 2. The molecule has 0 aliphatic carbocycles. The molecule has 0 saturated carbocycles. The van der Waals surface area contributed by atoms with Crippen LogP contribution >= 0.6 is 0 Å². The van der Waals surface area contributed by atoms with Crippen molar-refractivity contribution in [2.24, 2.45) is 0 Å². The first-order valence-electron chi connectivity index (χ1n) is 10.0. The van der Waals surface area contributed by atoms with E-state index in [9.17, 15) is 13.2 Å². The molecule has 3 rings (SSSR count). The Bertz CT molecular complexity index is 983. The molecule has 1 aliphatic rings. The lowest BCUT2D eigenvalue weighted by molar-refractivity contribution is -0.122. The van der Waals surface area contributed by atoms with E-state index in [0.29, 0.717) is 44.2 Å². The Hall–Kier alpha value is -2.42. The van der Waals surface area contributed by atoms with E-state index in [1.165, 1.54) is 16.4 Å². The van der Waals surface area contributed by atoms with Gasteiger partial charge in [0, 0.05) is 18.8 Å². The van der Waals surface area contributed by atoms with E-state index in [0.717, 1.165) is 11.1 Å². The van der Waals surface area contributed by atoms with Crippen LogP contribution in [0.25, 0.3) is 0 Å². The van der Waals surface area contributed by atoms with Gasteiger partial charge in [0.2, 0.25) is 10.0 Å². The van der Waals surface area contributed by atoms with Crippen molar-refractivity contribution in [3.05, 3.63) is 53.6 Å². The summed E-state index contributed by atoms with van der Waals surface area (Å²) in [6.45, 7) is 7.31. The van der Waals surface area contributed by atoms with Crippen LogP contribution in [-0.2, 0) is 19.6 Å². The van der Waals surface area contributed by atoms with Crippen molar-refractivity contribution in [2.75, 3.05) is 31.6 Å². The Morgan fingerprint density at radius 3 is 2.43 bits per heavy atom. The summed E-state index contributed by atoms with van der Waals surface area (Å²) in [5, 5.41) is 2.81. The number of hydrogen-bond acceptors (Lipinski definition) is 5. The molecule has 0 aromatic heterocycles. The fraction of sp³-hybridized carbons (Fsp3) is 0.409. The first-order valence-corrected chi connectivity index (χ1v) is 11.5. The van der Waals surface area contributed by atoms with Crippen LogP contribution in [0.15, 0.2) is 47.4 Å². The molecule has 1 atom stereocenters. The van der Waals surface area contributed by atoms with E-state index in [4.69, 9.17) is 9.47 Å². The van der Waals surface area contributed by atoms with E-state index < -0.39 is 16.1 Å². The van der Waals surface area contributed by atoms with Gasteiger partial charge in [-0.1, -0.05) is 19.1 Å². The lowest BCUT2D eigenvalue weighted by atomic mass is 10.1. The van der Waals surface area contributed by atoms with Crippen LogP contribution in [-0.4, -0.2) is 51.0 Å². The third-order valence-corrected chi connectivity index (χ3v) is 7.13. The number of morpholine rings is 1. The lowest BCUT2D eigenvalue weighted by Gasteiger charge is -2.26. The molecule has 2 aromatic rings. The number of aryl methyl sites for hydroxylation is 1. The maximum Gasteiger partial charge on any atom is 0.265 e. The second-order valence-electron chi connectivity index (χ2n) is 7.24. The minimum Gasteiger partial charge on any atom is -0.480 e. The molecule has 1 N–H and O–H groups in total. The molecule has 1 aliphatic heterocycles. The average molecular weight is 433 g/mol. The van der Waals surface area contributed by atoms with Gasteiger partial charge in [-0.25, -0.2) is 8.42 Å². The topological polar surface area (TPSA) is 84.9 Å². The highest BCUT2D eigenvalue weighted by atomic mass is 32.2. The summed E-state index contributed by atoms with van der Waals surface area (Å²) in [5.74, 6) is 0.408. The van der Waals surface area contributed by atoms with E-state index in [1.54, 1.807) is 12.1 Å². The largest absolute Gasteiger partial charge is 0.480 e. The van der Waals surface area contributed by atoms with Gasteiger partial charge >= 0.3 is 0 Å². The number of anilines is 1. The van der Waals surface area contributed by atoms with Gasteiger partial charge in [0.15, 0.2) is 6.10 Å². The molecule has 0 bridgehead atoms. The van der Waals surface area contributed by atoms with Crippen LogP contribution in [0, 0.1) is 13.8 Å². The second-order valence-corrected chi connectivity index (χ2v) is 9.18. The number of carbonyl (C=O) groups is 1. The maximum absolute atomic E-state index is 12.7. The lowest BCUT2D eigenvalue weighted by Crippen LogP contribution is -2.40. The molecular weight excluding hydrogens is 404 g/mol. The third-order valence-electron chi connectivity index (χ3n) is 5.22. The minimum absolute atomic E-state index is 0.195. The van der Waals surface area contributed by atoms with Crippen molar-refractivity contribution >= 4 is 21.6 Å². The summed E-state index contributed by atoms with van der Waals surface area (Å²) in [6.07, 6.45) is -0.148. The standard InChI is InChI=1S/C22H28N2O5S/c1-4-20(29-21-7-5-6-16(2)17(21)3)22(25)23-18-8-10-19(11-9-18)30(26,27)24-12-14-28-15-13-24/h5-11,20H,4,12-15H2,1-3H3,(H,23,25)/t20-/m0/s1. The number of ether oxygens (including phenoxy) is 2. The Morgan fingerprint density at radius 1 is 1.13 bits per heavy atom. The van der Waals surface area contributed by atoms with E-state index in [1.807, 2.05) is 39.0 Å². The van der Waals surface area contributed by atoms with Crippen molar-refractivity contribution in [3.63, 3.8) is 0 Å². The molecule has 1 heterocycles. The Labute approximate surface area is 178 Å². The molecule has 1 fully saturated rings. The zero-order chi connectivity index (χ0) is 21.7. The smallest absolute Gasteiger partial charge is 0.265 e. The summed E-state index contributed by atoms with van der Waals surface area (Å²) in [6, 6.07) is 11.9. The Kier molecular flexibility index (Phi) is 7.12. The molecule has 162 valence electrons. The van der Waals surface area contributed by atoms with Crippen molar-refractivity contribution in [3.8, 4) is 5.75 Å². The summed E-state index contributed by atoms with van der Waals surface area (Å²) in [4.78, 5) is 12.9. The Morgan fingerprint density at radius 2 is 1.80 bits per heavy atom. The zero-order valence-corrected chi connectivity index (χ0v) is 18.4. The van der Waals surface area contributed by atoms with Crippen molar-refractivity contribution in [1.29, 1.82) is 0 Å². The van der Waals surface area contributed by atoms with Crippen molar-refractivity contribution in [2.45, 2.75) is 38.2 Å². The van der Waals surface area contributed by atoms with Crippen LogP contribution in [0.5, 0.6) is 5.75 Å². The highest BCUT2D eigenvalue weighted by molar-refractivity contribution is 7.89. The SMILES string of the molecule is CC[C@H](Oc1cccc(C)c1C)C(=O)Nc1ccc(S(=O)(=O)N2CCOCC2)cc1. The van der Waals surface area contributed by atoms with Gasteiger partial charge in [-0.15, -0.1) is 0 Å². The fourth-order valence-electron chi connectivity index (χ4n) is 3.20. The summed E-state index contributed by atoms with van der Waals surface area (Å²) < 4.78 is 38.0. The molecule has 2 aromatic carbocycles. The molecule has 1 saturated heterocycles. The molecular formula is C22H28N2O5S. The fourth-order valence-corrected chi connectivity index (χ4v) is 4.60. The quantitative estimate of drug-likeness (QED) is 0.727. The molecule has 8 heteroatoms. The van der Waals surface area contributed by atoms with Crippen LogP contribution in [0.2, 0.25) is 0 Å². The van der Waals surface area contributed by atoms with Gasteiger partial charge in [-0.3, -0.25) is 4.79 Å². The first kappa shape index (κ1) is 22.3. The first-order chi connectivity index (χ1) is 14.3. The molecule has 1 amide bonds. The third kappa shape index (κ3) is 5.00. The predicted molar refractivity (Wildman–Crippen MR) is 115 cm³/mol. The highest BCUT2D eigenvalue weighted by Crippen LogP contribution is 2.23. The Balaban J connectivity index is 1.67. The zero-order valence-electron chi connectivity index (χ0n) is 17.6. The van der Waals surface area contributed by atoms with Gasteiger partial charge in [0.05, 0.1) is 18.1 Å². The normalized spacial score (nSPS) is 16.1. The average Bonchev–Trinajstić information content (AvgIpc) is 2.75. The van der Waals surface area contributed by atoms with Gasteiger partial charge in [-0.2, -0.15) is 4.31 Å². The van der Waals surface area contributed by atoms with Crippen LogP contribution in [0.3, 0.4) is 0 Å². The van der Waals surface area contributed by atoms with Crippen molar-refractivity contribution < 1.29 is 22.7 Å².